The van der Waals surface area contributed by atoms with Crippen LogP contribution in [0.3, 0.4) is 0 Å². The van der Waals surface area contributed by atoms with E-state index in [4.69, 9.17) is 27.7 Å². The fourth-order valence-electron chi connectivity index (χ4n) is 2.50. The Balaban J connectivity index is 1.65. The first-order valence-electron chi connectivity index (χ1n) is 7.88. The molecule has 0 aliphatic heterocycles. The number of nitrogens with one attached hydrogen (secondary N) is 2. The van der Waals surface area contributed by atoms with Crippen LogP contribution in [-0.4, -0.2) is 11.8 Å². The molecule has 7 heteroatoms. The van der Waals surface area contributed by atoms with Crippen molar-refractivity contribution < 1.29 is 9.20 Å². The van der Waals surface area contributed by atoms with Gasteiger partial charge in [-0.15, -0.1) is 0 Å². The van der Waals surface area contributed by atoms with Gasteiger partial charge in [0.05, 0.1) is 6.54 Å². The lowest BCUT2D eigenvalue weighted by Crippen LogP contribution is -2.41. The smallest absolute Gasteiger partial charge is 0.307 e. The van der Waals surface area contributed by atoms with Crippen LogP contribution >= 0.6 is 23.2 Å². The number of benzene rings is 2. The predicted octanol–water partition coefficient (Wildman–Crippen LogP) is 3.19. The molecule has 0 atom stereocenters. The molecule has 0 fully saturated rings. The molecule has 0 aliphatic carbocycles. The summed E-state index contributed by atoms with van der Waals surface area (Å²) in [6.45, 7) is 3.06. The molecule has 0 unspecified atom stereocenters. The fourth-order valence-corrected chi connectivity index (χ4v) is 3.00. The Morgan fingerprint density at radius 1 is 1.16 bits per heavy atom. The number of halogens is 2. The zero-order valence-electron chi connectivity index (χ0n) is 13.7. The van der Waals surface area contributed by atoms with Crippen LogP contribution in [0.1, 0.15) is 16.8 Å². The first-order chi connectivity index (χ1) is 12.0. The third-order valence-electron chi connectivity index (χ3n) is 3.91. The van der Waals surface area contributed by atoms with Crippen molar-refractivity contribution in [1.82, 2.24) is 10.6 Å². The lowest BCUT2D eigenvalue weighted by atomic mass is 10.1. The maximum atomic E-state index is 11.9. The van der Waals surface area contributed by atoms with Crippen molar-refractivity contribution >= 4 is 23.2 Å². The average Bonchev–Trinajstić information content (AvgIpc) is 2.95. The highest BCUT2D eigenvalue weighted by molar-refractivity contribution is 6.35. The van der Waals surface area contributed by atoms with E-state index in [-0.39, 0.29) is 0 Å². The molecule has 0 spiro atoms. The number of H-pyrrole nitrogens is 1. The minimum atomic E-state index is -0.391. The lowest BCUT2D eigenvalue weighted by Gasteiger charge is -2.05. The molecule has 0 aliphatic rings. The second kappa shape index (κ2) is 7.87. The quantitative estimate of drug-likeness (QED) is 0.511. The van der Waals surface area contributed by atoms with Crippen molar-refractivity contribution in [2.75, 3.05) is 6.54 Å². The van der Waals surface area contributed by atoms with Crippen molar-refractivity contribution in [1.29, 1.82) is 0 Å². The van der Waals surface area contributed by atoms with Gasteiger partial charge in [-0.25, -0.2) is 4.79 Å². The molecule has 3 aromatic rings. The van der Waals surface area contributed by atoms with Gasteiger partial charge < -0.3 is 5.32 Å². The van der Waals surface area contributed by atoms with Gasteiger partial charge in [-0.3, -0.25) is 4.52 Å². The number of hydrogen-bond acceptors (Lipinski definition) is 3. The first-order valence-corrected chi connectivity index (χ1v) is 8.64. The summed E-state index contributed by atoms with van der Waals surface area (Å²) in [5, 5.41) is 7.15. The molecule has 25 heavy (non-hydrogen) atoms. The molecule has 130 valence electrons. The number of aromatic nitrogens is 2. The Bertz CT molecular complexity index is 917. The Morgan fingerprint density at radius 2 is 1.92 bits per heavy atom. The summed E-state index contributed by atoms with van der Waals surface area (Å²) < 4.78 is 6.58. The van der Waals surface area contributed by atoms with Crippen LogP contribution in [0.2, 0.25) is 10.0 Å². The van der Waals surface area contributed by atoms with Gasteiger partial charge in [-0.1, -0.05) is 47.0 Å². The Morgan fingerprint density at radius 3 is 2.64 bits per heavy atom. The van der Waals surface area contributed by atoms with Crippen LogP contribution < -0.4 is 15.6 Å². The average molecular weight is 379 g/mol. The van der Waals surface area contributed by atoms with E-state index in [1.807, 2.05) is 43.3 Å². The van der Waals surface area contributed by atoms with Crippen LogP contribution in [0.4, 0.5) is 0 Å². The Kier molecular flexibility index (Phi) is 5.58. The fraction of sp³-hybridized carbons (Fsp3) is 0.222. The van der Waals surface area contributed by atoms with E-state index in [1.54, 1.807) is 10.7 Å². The van der Waals surface area contributed by atoms with Crippen molar-refractivity contribution in [3.05, 3.63) is 79.8 Å². The van der Waals surface area contributed by atoms with Gasteiger partial charge in [-0.05, 0) is 47.5 Å². The predicted molar refractivity (Wildman–Crippen MR) is 97.5 cm³/mol. The Labute approximate surface area is 155 Å². The van der Waals surface area contributed by atoms with Gasteiger partial charge in [0, 0.05) is 22.2 Å². The monoisotopic (exact) mass is 378 g/mol. The lowest BCUT2D eigenvalue weighted by molar-refractivity contribution is -0.677. The summed E-state index contributed by atoms with van der Waals surface area (Å²) in [4.78, 5) is 11.9. The van der Waals surface area contributed by atoms with Crippen LogP contribution in [0.15, 0.2) is 51.8 Å². The molecular formula is C18H18Cl2N3O2+. The van der Waals surface area contributed by atoms with Gasteiger partial charge in [0.15, 0.2) is 0 Å². The molecule has 0 saturated carbocycles. The van der Waals surface area contributed by atoms with E-state index < -0.39 is 5.63 Å². The minimum absolute atomic E-state index is 0.380. The van der Waals surface area contributed by atoms with Gasteiger partial charge in [0.1, 0.15) is 0 Å². The second-order valence-corrected chi connectivity index (χ2v) is 6.60. The van der Waals surface area contributed by atoms with Crippen molar-refractivity contribution in [2.24, 2.45) is 0 Å². The molecule has 0 bridgehead atoms. The van der Waals surface area contributed by atoms with Crippen LogP contribution in [0.25, 0.3) is 5.69 Å². The maximum Gasteiger partial charge on any atom is 0.431 e. The van der Waals surface area contributed by atoms with Crippen molar-refractivity contribution in [2.45, 2.75) is 19.9 Å². The van der Waals surface area contributed by atoms with Gasteiger partial charge in [0.25, 0.3) is 0 Å². The number of hydrogen-bond donors (Lipinski definition) is 2. The molecule has 5 nitrogen and oxygen atoms in total. The molecule has 0 radical (unpaired) electrons. The molecule has 3 rings (SSSR count). The summed E-state index contributed by atoms with van der Waals surface area (Å²) in [6.07, 6.45) is 0.732. The van der Waals surface area contributed by atoms with E-state index in [0.29, 0.717) is 28.8 Å². The van der Waals surface area contributed by atoms with Crippen LogP contribution in [0.5, 0.6) is 0 Å². The summed E-state index contributed by atoms with van der Waals surface area (Å²) in [7, 11) is 0. The number of aromatic amines is 1. The summed E-state index contributed by atoms with van der Waals surface area (Å²) in [6, 6.07) is 13.3. The first kappa shape index (κ1) is 17.7. The molecule has 1 heterocycles. The standard InChI is InChI=1S/C18H17Cl2N3O2/c1-12-2-6-15(7-3-12)23-17(18(24)25-22-23)11-21-9-8-13-4-5-14(19)10-16(13)20/h2-7,10,21H,8-9,11H2,1H3/p+1. The van der Waals surface area contributed by atoms with Crippen LogP contribution in [0, 0.1) is 6.92 Å². The molecule has 2 aromatic carbocycles. The maximum absolute atomic E-state index is 11.9. The van der Waals surface area contributed by atoms with E-state index in [2.05, 4.69) is 10.6 Å². The summed E-state index contributed by atoms with van der Waals surface area (Å²) in [5.74, 6) is 0. The topological polar surface area (TPSA) is 61.9 Å². The number of rotatable bonds is 6. The zero-order chi connectivity index (χ0) is 17.8. The normalized spacial score (nSPS) is 11.0. The molecule has 0 saturated heterocycles. The van der Waals surface area contributed by atoms with Gasteiger partial charge in [0.2, 0.25) is 5.69 Å². The van der Waals surface area contributed by atoms with Gasteiger partial charge in [-0.2, -0.15) is 0 Å². The number of nitrogens with zero attached hydrogens (tertiary/aromatic N) is 1. The summed E-state index contributed by atoms with van der Waals surface area (Å²) >= 11 is 12.1. The SMILES string of the molecule is Cc1ccc(-[n+]2[nH]oc(=O)c2CNCCc2ccc(Cl)cc2Cl)cc1. The van der Waals surface area contributed by atoms with E-state index in [9.17, 15) is 4.79 Å². The van der Waals surface area contributed by atoms with Crippen molar-refractivity contribution in [3.63, 3.8) is 0 Å². The third-order valence-corrected chi connectivity index (χ3v) is 4.49. The Hall–Kier alpha value is -2.08. The van der Waals surface area contributed by atoms with E-state index >= 15 is 0 Å². The third kappa shape index (κ3) is 4.31. The van der Waals surface area contributed by atoms with Crippen molar-refractivity contribution in [3.8, 4) is 5.69 Å². The second-order valence-electron chi connectivity index (χ2n) is 5.76. The van der Waals surface area contributed by atoms with Crippen LogP contribution in [-0.2, 0) is 13.0 Å². The molecule has 1 aromatic heterocycles. The molecule has 0 amide bonds. The highest BCUT2D eigenvalue weighted by atomic mass is 35.5. The number of aryl methyl sites for hydroxylation is 1. The molecule has 2 N–H and O–H groups in total. The van der Waals surface area contributed by atoms with Gasteiger partial charge >= 0.3 is 11.3 Å². The molecular weight excluding hydrogens is 361 g/mol. The highest BCUT2D eigenvalue weighted by Gasteiger charge is 2.22. The van der Waals surface area contributed by atoms with E-state index in [0.717, 1.165) is 23.2 Å². The van der Waals surface area contributed by atoms with E-state index in [1.165, 1.54) is 0 Å². The summed E-state index contributed by atoms with van der Waals surface area (Å²) in [5.41, 5.74) is 3.11. The zero-order valence-corrected chi connectivity index (χ0v) is 15.2. The minimum Gasteiger partial charge on any atom is -0.307 e. The largest absolute Gasteiger partial charge is 0.431 e. The highest BCUT2D eigenvalue weighted by Crippen LogP contribution is 2.21.